The highest BCUT2D eigenvalue weighted by Crippen LogP contribution is 2.52. The fourth-order valence-electron chi connectivity index (χ4n) is 3.37. The normalized spacial score (nSPS) is 25.7. The molecule has 23 heavy (non-hydrogen) atoms. The maximum atomic E-state index is 11.7. The zero-order chi connectivity index (χ0) is 16.2. The Morgan fingerprint density at radius 3 is 2.30 bits per heavy atom. The van der Waals surface area contributed by atoms with Crippen LogP contribution in [0.1, 0.15) is 25.7 Å². The van der Waals surface area contributed by atoms with Crippen LogP contribution in [0, 0.1) is 27.9 Å². The lowest BCUT2D eigenvalue weighted by molar-refractivity contribution is -0.384. The summed E-state index contributed by atoms with van der Waals surface area (Å²) in [7, 11) is 0. The average Bonchev–Trinajstić information content (AvgIpc) is 3.15. The second kappa shape index (κ2) is 6.81. The first kappa shape index (κ1) is 15.5. The lowest BCUT2D eigenvalue weighted by Gasteiger charge is -2.05. The quantitative estimate of drug-likeness (QED) is 0.274. The van der Waals surface area contributed by atoms with Crippen LogP contribution >= 0.6 is 0 Å². The molecule has 0 aliphatic heterocycles. The fraction of sp³-hybridized carbons (Fsp3) is 0.471. The predicted octanol–water partition coefficient (Wildman–Crippen LogP) is 4.10. The molecule has 0 aromatic heterocycles. The van der Waals surface area contributed by atoms with Crippen molar-refractivity contribution in [2.75, 3.05) is 6.61 Å². The first-order chi connectivity index (χ1) is 11.1. The second-order valence-corrected chi connectivity index (χ2v) is 6.03. The molecule has 1 saturated carbocycles. The summed E-state index contributed by atoms with van der Waals surface area (Å²) in [6, 6.07) is 5.35. The van der Waals surface area contributed by atoms with Crippen molar-refractivity contribution >= 4 is 11.8 Å². The van der Waals surface area contributed by atoms with Crippen molar-refractivity contribution < 1.29 is 19.2 Å². The van der Waals surface area contributed by atoms with Crippen LogP contribution in [0.25, 0.3) is 0 Å². The minimum atomic E-state index is -0.753. The van der Waals surface area contributed by atoms with Crippen molar-refractivity contribution in [2.24, 2.45) is 17.8 Å². The molecule has 2 aliphatic carbocycles. The van der Waals surface area contributed by atoms with Gasteiger partial charge in [-0.3, -0.25) is 10.1 Å². The Labute approximate surface area is 134 Å². The van der Waals surface area contributed by atoms with Gasteiger partial charge in [0.05, 0.1) is 11.5 Å². The van der Waals surface area contributed by atoms with Crippen molar-refractivity contribution in [1.29, 1.82) is 0 Å². The SMILES string of the molecule is O=C(OCC1C2CCC=CCCC21)Oc1ccc([N+](=O)[O-])cc1. The number of nitro benzene ring substituents is 1. The van der Waals surface area contributed by atoms with E-state index in [1.54, 1.807) is 0 Å². The van der Waals surface area contributed by atoms with Gasteiger partial charge in [-0.1, -0.05) is 12.2 Å². The Hall–Kier alpha value is -2.37. The topological polar surface area (TPSA) is 78.7 Å². The number of fused-ring (bicyclic) bond motifs is 1. The van der Waals surface area contributed by atoms with Crippen LogP contribution in [0.3, 0.4) is 0 Å². The van der Waals surface area contributed by atoms with Crippen LogP contribution in [0.4, 0.5) is 10.5 Å². The molecule has 6 nitrogen and oxygen atoms in total. The Kier molecular flexibility index (Phi) is 4.60. The summed E-state index contributed by atoms with van der Waals surface area (Å²) in [6.07, 6.45) is 8.23. The van der Waals surface area contributed by atoms with Crippen LogP contribution in [0.5, 0.6) is 5.75 Å². The molecule has 2 unspecified atom stereocenters. The third-order valence-corrected chi connectivity index (χ3v) is 4.65. The number of carbonyl (C=O) groups excluding carboxylic acids is 1. The largest absolute Gasteiger partial charge is 0.513 e. The van der Waals surface area contributed by atoms with E-state index in [0.29, 0.717) is 24.4 Å². The molecule has 0 spiro atoms. The van der Waals surface area contributed by atoms with Gasteiger partial charge in [-0.15, -0.1) is 0 Å². The summed E-state index contributed by atoms with van der Waals surface area (Å²) in [6.45, 7) is 0.390. The molecule has 2 atom stereocenters. The number of non-ortho nitro benzene ring substituents is 1. The summed E-state index contributed by atoms with van der Waals surface area (Å²) in [5.41, 5.74) is -0.0477. The number of nitro groups is 1. The molecule has 2 aliphatic rings. The van der Waals surface area contributed by atoms with Gasteiger partial charge in [0.1, 0.15) is 5.75 Å². The van der Waals surface area contributed by atoms with Gasteiger partial charge in [0.25, 0.3) is 5.69 Å². The molecular formula is C17H19NO5. The Morgan fingerprint density at radius 1 is 1.13 bits per heavy atom. The number of carbonyl (C=O) groups is 1. The van der Waals surface area contributed by atoms with E-state index in [1.807, 2.05) is 0 Å². The first-order valence-corrected chi connectivity index (χ1v) is 7.89. The molecule has 122 valence electrons. The molecule has 1 aromatic carbocycles. The Bertz CT molecular complexity index is 594. The molecule has 0 radical (unpaired) electrons. The smallest absolute Gasteiger partial charge is 0.434 e. The number of ether oxygens (including phenoxy) is 2. The molecule has 0 amide bonds. The van der Waals surface area contributed by atoms with E-state index in [4.69, 9.17) is 9.47 Å². The van der Waals surface area contributed by atoms with Gasteiger partial charge in [0.15, 0.2) is 0 Å². The maximum absolute atomic E-state index is 11.7. The Balaban J connectivity index is 1.44. The van der Waals surface area contributed by atoms with E-state index >= 15 is 0 Å². The molecule has 1 aromatic rings. The van der Waals surface area contributed by atoms with E-state index in [-0.39, 0.29) is 11.4 Å². The molecule has 0 N–H and O–H groups in total. The minimum absolute atomic E-state index is 0.0477. The van der Waals surface area contributed by atoms with Crippen molar-refractivity contribution in [3.8, 4) is 5.75 Å². The van der Waals surface area contributed by atoms with E-state index in [2.05, 4.69) is 12.2 Å². The van der Waals surface area contributed by atoms with Crippen LogP contribution in [-0.2, 0) is 4.74 Å². The zero-order valence-electron chi connectivity index (χ0n) is 12.7. The van der Waals surface area contributed by atoms with Crippen molar-refractivity contribution in [3.63, 3.8) is 0 Å². The second-order valence-electron chi connectivity index (χ2n) is 6.03. The third kappa shape index (κ3) is 3.88. The zero-order valence-corrected chi connectivity index (χ0v) is 12.7. The molecule has 3 rings (SSSR count). The maximum Gasteiger partial charge on any atom is 0.513 e. The van der Waals surface area contributed by atoms with Crippen molar-refractivity contribution in [3.05, 3.63) is 46.5 Å². The molecule has 0 bridgehead atoms. The van der Waals surface area contributed by atoms with Crippen LogP contribution < -0.4 is 4.74 Å². The molecule has 0 saturated heterocycles. The predicted molar refractivity (Wildman–Crippen MR) is 83.2 cm³/mol. The van der Waals surface area contributed by atoms with Gasteiger partial charge in [-0.25, -0.2) is 4.79 Å². The van der Waals surface area contributed by atoms with Crippen LogP contribution in [0.15, 0.2) is 36.4 Å². The molecular weight excluding hydrogens is 298 g/mol. The Morgan fingerprint density at radius 2 is 1.74 bits per heavy atom. The van der Waals surface area contributed by atoms with Crippen LogP contribution in [-0.4, -0.2) is 17.7 Å². The third-order valence-electron chi connectivity index (χ3n) is 4.65. The van der Waals surface area contributed by atoms with E-state index in [0.717, 1.165) is 25.7 Å². The number of hydrogen-bond acceptors (Lipinski definition) is 5. The van der Waals surface area contributed by atoms with Gasteiger partial charge in [0, 0.05) is 12.1 Å². The summed E-state index contributed by atoms with van der Waals surface area (Å²) in [5, 5.41) is 10.6. The van der Waals surface area contributed by atoms with Crippen molar-refractivity contribution in [2.45, 2.75) is 25.7 Å². The molecule has 6 heteroatoms. The highest BCUT2D eigenvalue weighted by Gasteiger charge is 2.49. The standard InChI is InChI=1S/C17H19NO5/c19-17(23-13-9-7-12(8-10-13)18(20)21)22-11-16-14-5-3-1-2-4-6-15(14)16/h1-2,7-10,14-16H,3-6,11H2. The van der Waals surface area contributed by atoms with E-state index in [1.165, 1.54) is 24.3 Å². The monoisotopic (exact) mass is 317 g/mol. The minimum Gasteiger partial charge on any atom is -0.434 e. The highest BCUT2D eigenvalue weighted by atomic mass is 16.7. The number of hydrogen-bond donors (Lipinski definition) is 0. The lowest BCUT2D eigenvalue weighted by atomic mass is 10.1. The molecule has 0 heterocycles. The van der Waals surface area contributed by atoms with Gasteiger partial charge in [-0.05, 0) is 55.6 Å². The van der Waals surface area contributed by atoms with Gasteiger partial charge >= 0.3 is 6.16 Å². The average molecular weight is 317 g/mol. The van der Waals surface area contributed by atoms with Gasteiger partial charge < -0.3 is 9.47 Å². The fourth-order valence-corrected chi connectivity index (χ4v) is 3.37. The number of allylic oxidation sites excluding steroid dienone is 2. The van der Waals surface area contributed by atoms with E-state index < -0.39 is 11.1 Å². The summed E-state index contributed by atoms with van der Waals surface area (Å²) >= 11 is 0. The highest BCUT2D eigenvalue weighted by molar-refractivity contribution is 5.64. The lowest BCUT2D eigenvalue weighted by Crippen LogP contribution is -2.13. The van der Waals surface area contributed by atoms with Gasteiger partial charge in [-0.2, -0.15) is 0 Å². The van der Waals surface area contributed by atoms with E-state index in [9.17, 15) is 14.9 Å². The number of rotatable bonds is 4. The van der Waals surface area contributed by atoms with Crippen LogP contribution in [0.2, 0.25) is 0 Å². The molecule has 1 fully saturated rings. The number of nitrogens with zero attached hydrogens (tertiary/aromatic N) is 1. The van der Waals surface area contributed by atoms with Crippen molar-refractivity contribution in [1.82, 2.24) is 0 Å². The summed E-state index contributed by atoms with van der Waals surface area (Å²) in [4.78, 5) is 21.8. The van der Waals surface area contributed by atoms with Gasteiger partial charge in [0.2, 0.25) is 0 Å². The first-order valence-electron chi connectivity index (χ1n) is 7.89. The summed E-state index contributed by atoms with van der Waals surface area (Å²) < 4.78 is 10.2. The number of benzene rings is 1. The summed E-state index contributed by atoms with van der Waals surface area (Å²) in [5.74, 6) is 2.00.